The molecular formula is C9H12ClNO2. The second-order valence-electron chi connectivity index (χ2n) is 2.80. The molecule has 0 radical (unpaired) electrons. The lowest BCUT2D eigenvalue weighted by molar-refractivity contribution is 0.120. The largest absolute Gasteiger partial charge is 0.484 e. The minimum Gasteiger partial charge on any atom is -0.484 e. The number of hydrogen-bond acceptors (Lipinski definition) is 3. The molecule has 1 unspecified atom stereocenters. The standard InChI is InChI=1S/C9H11NO2.ClH/c11-6-7-5-10-8-3-1-2-4-9(8)12-7;/h1-4,7,10-11H,5-6H2;1H. The molecule has 1 aromatic carbocycles. The molecule has 1 atom stereocenters. The van der Waals surface area contributed by atoms with Crippen molar-refractivity contribution in [1.82, 2.24) is 0 Å². The highest BCUT2D eigenvalue weighted by atomic mass is 35.5. The van der Waals surface area contributed by atoms with E-state index in [2.05, 4.69) is 5.32 Å². The molecule has 13 heavy (non-hydrogen) atoms. The van der Waals surface area contributed by atoms with Crippen molar-refractivity contribution in [3.63, 3.8) is 0 Å². The van der Waals surface area contributed by atoms with Crippen LogP contribution in [0.5, 0.6) is 5.75 Å². The fraction of sp³-hybridized carbons (Fsp3) is 0.333. The van der Waals surface area contributed by atoms with E-state index in [-0.39, 0.29) is 25.1 Å². The predicted molar refractivity (Wildman–Crippen MR) is 53.7 cm³/mol. The van der Waals surface area contributed by atoms with Crippen LogP contribution < -0.4 is 10.1 Å². The molecule has 2 rings (SSSR count). The Morgan fingerprint density at radius 2 is 2.23 bits per heavy atom. The third kappa shape index (κ3) is 2.05. The second-order valence-corrected chi connectivity index (χ2v) is 2.80. The molecule has 0 spiro atoms. The Balaban J connectivity index is 0.000000845. The van der Waals surface area contributed by atoms with Crippen LogP contribution in [0.15, 0.2) is 24.3 Å². The molecule has 0 saturated carbocycles. The summed E-state index contributed by atoms with van der Waals surface area (Å²) in [5.74, 6) is 0.822. The minimum atomic E-state index is -0.111. The average molecular weight is 202 g/mol. The molecule has 4 heteroatoms. The van der Waals surface area contributed by atoms with E-state index in [1.165, 1.54) is 0 Å². The van der Waals surface area contributed by atoms with Gasteiger partial charge >= 0.3 is 0 Å². The van der Waals surface area contributed by atoms with Gasteiger partial charge in [0.2, 0.25) is 0 Å². The first-order valence-electron chi connectivity index (χ1n) is 4.00. The molecule has 1 heterocycles. The maximum atomic E-state index is 8.85. The first-order chi connectivity index (χ1) is 5.90. The smallest absolute Gasteiger partial charge is 0.143 e. The zero-order valence-corrected chi connectivity index (χ0v) is 7.88. The molecule has 0 amide bonds. The van der Waals surface area contributed by atoms with Crippen molar-refractivity contribution >= 4 is 18.1 Å². The quantitative estimate of drug-likeness (QED) is 0.719. The summed E-state index contributed by atoms with van der Waals surface area (Å²) in [6.45, 7) is 0.731. The first kappa shape index (κ1) is 10.2. The van der Waals surface area contributed by atoms with E-state index in [0.717, 1.165) is 11.4 Å². The number of halogens is 1. The maximum Gasteiger partial charge on any atom is 0.143 e. The third-order valence-electron chi connectivity index (χ3n) is 1.90. The van der Waals surface area contributed by atoms with E-state index in [4.69, 9.17) is 9.84 Å². The number of benzene rings is 1. The minimum absolute atomic E-state index is 0. The number of aliphatic hydroxyl groups excluding tert-OH is 1. The Morgan fingerprint density at radius 3 is 3.00 bits per heavy atom. The molecule has 0 bridgehead atoms. The van der Waals surface area contributed by atoms with Crippen molar-refractivity contribution in [2.24, 2.45) is 0 Å². The Morgan fingerprint density at radius 1 is 1.46 bits per heavy atom. The zero-order chi connectivity index (χ0) is 8.39. The van der Waals surface area contributed by atoms with Gasteiger partial charge in [0.25, 0.3) is 0 Å². The van der Waals surface area contributed by atoms with Crippen LogP contribution in [-0.4, -0.2) is 24.4 Å². The fourth-order valence-electron chi connectivity index (χ4n) is 1.26. The van der Waals surface area contributed by atoms with Gasteiger partial charge in [0, 0.05) is 0 Å². The maximum absolute atomic E-state index is 8.85. The van der Waals surface area contributed by atoms with Crippen molar-refractivity contribution < 1.29 is 9.84 Å². The lowest BCUT2D eigenvalue weighted by atomic mass is 10.2. The summed E-state index contributed by atoms with van der Waals surface area (Å²) in [5.41, 5.74) is 1.00. The van der Waals surface area contributed by atoms with Gasteiger partial charge in [-0.25, -0.2) is 0 Å². The van der Waals surface area contributed by atoms with E-state index >= 15 is 0 Å². The van der Waals surface area contributed by atoms with Gasteiger partial charge < -0.3 is 15.2 Å². The number of hydrogen-bond donors (Lipinski definition) is 2. The number of anilines is 1. The van der Waals surface area contributed by atoms with Gasteiger partial charge in [0.1, 0.15) is 11.9 Å². The summed E-state index contributed by atoms with van der Waals surface area (Å²) in [4.78, 5) is 0. The summed E-state index contributed by atoms with van der Waals surface area (Å²) in [6.07, 6.45) is -0.111. The first-order valence-corrected chi connectivity index (χ1v) is 4.00. The number of ether oxygens (including phenoxy) is 1. The van der Waals surface area contributed by atoms with Crippen molar-refractivity contribution in [3.05, 3.63) is 24.3 Å². The lowest BCUT2D eigenvalue weighted by Gasteiger charge is -2.25. The molecule has 0 aliphatic carbocycles. The predicted octanol–water partition coefficient (Wildman–Crippen LogP) is 1.27. The number of para-hydroxylation sites is 2. The highest BCUT2D eigenvalue weighted by Gasteiger charge is 2.16. The number of nitrogens with one attached hydrogen (secondary N) is 1. The molecular weight excluding hydrogens is 190 g/mol. The summed E-state index contributed by atoms with van der Waals surface area (Å²) in [7, 11) is 0. The van der Waals surface area contributed by atoms with Crippen LogP contribution >= 0.6 is 12.4 Å². The van der Waals surface area contributed by atoms with Gasteiger partial charge in [0.05, 0.1) is 18.8 Å². The Hall–Kier alpha value is -0.930. The van der Waals surface area contributed by atoms with E-state index in [1.54, 1.807) is 0 Å². The molecule has 0 aromatic heterocycles. The lowest BCUT2D eigenvalue weighted by Crippen LogP contribution is -2.33. The monoisotopic (exact) mass is 201 g/mol. The Kier molecular flexibility index (Phi) is 3.39. The highest BCUT2D eigenvalue weighted by molar-refractivity contribution is 5.85. The van der Waals surface area contributed by atoms with Crippen molar-refractivity contribution in [1.29, 1.82) is 0 Å². The third-order valence-corrected chi connectivity index (χ3v) is 1.90. The number of aliphatic hydroxyl groups is 1. The van der Waals surface area contributed by atoms with Crippen LogP contribution in [0, 0.1) is 0 Å². The molecule has 72 valence electrons. The van der Waals surface area contributed by atoms with Crippen molar-refractivity contribution in [2.45, 2.75) is 6.10 Å². The van der Waals surface area contributed by atoms with Gasteiger partial charge in [-0.1, -0.05) is 12.1 Å². The number of fused-ring (bicyclic) bond motifs is 1. The summed E-state index contributed by atoms with van der Waals surface area (Å²) in [6, 6.07) is 7.72. The van der Waals surface area contributed by atoms with Gasteiger partial charge in [0.15, 0.2) is 0 Å². The van der Waals surface area contributed by atoms with Crippen LogP contribution in [-0.2, 0) is 0 Å². The normalized spacial score (nSPS) is 19.0. The molecule has 0 fully saturated rings. The Bertz CT molecular complexity index is 280. The van der Waals surface area contributed by atoms with E-state index < -0.39 is 0 Å². The molecule has 1 aromatic rings. The molecule has 3 nitrogen and oxygen atoms in total. The topological polar surface area (TPSA) is 41.5 Å². The van der Waals surface area contributed by atoms with Crippen molar-refractivity contribution in [2.75, 3.05) is 18.5 Å². The molecule has 1 aliphatic heterocycles. The van der Waals surface area contributed by atoms with E-state index in [9.17, 15) is 0 Å². The summed E-state index contributed by atoms with van der Waals surface area (Å²) >= 11 is 0. The van der Waals surface area contributed by atoms with Gasteiger partial charge in [-0.2, -0.15) is 0 Å². The molecule has 2 N–H and O–H groups in total. The number of rotatable bonds is 1. The zero-order valence-electron chi connectivity index (χ0n) is 7.06. The van der Waals surface area contributed by atoms with Crippen LogP contribution in [0.3, 0.4) is 0 Å². The van der Waals surface area contributed by atoms with Gasteiger partial charge in [-0.05, 0) is 12.1 Å². The van der Waals surface area contributed by atoms with Gasteiger partial charge in [-0.15, -0.1) is 12.4 Å². The SMILES string of the molecule is Cl.OCC1CNc2ccccc2O1. The van der Waals surface area contributed by atoms with E-state index in [0.29, 0.717) is 6.54 Å². The van der Waals surface area contributed by atoms with Crippen LogP contribution in [0.25, 0.3) is 0 Å². The van der Waals surface area contributed by atoms with Gasteiger partial charge in [-0.3, -0.25) is 0 Å². The average Bonchev–Trinajstić information content (AvgIpc) is 2.17. The Labute approximate surface area is 83.1 Å². The summed E-state index contributed by atoms with van der Waals surface area (Å²) in [5, 5.41) is 12.0. The van der Waals surface area contributed by atoms with Crippen LogP contribution in [0.2, 0.25) is 0 Å². The van der Waals surface area contributed by atoms with Crippen LogP contribution in [0.1, 0.15) is 0 Å². The van der Waals surface area contributed by atoms with Crippen LogP contribution in [0.4, 0.5) is 5.69 Å². The fourth-order valence-corrected chi connectivity index (χ4v) is 1.26. The van der Waals surface area contributed by atoms with E-state index in [1.807, 2.05) is 24.3 Å². The summed E-state index contributed by atoms with van der Waals surface area (Å²) < 4.78 is 5.47. The second kappa shape index (κ2) is 4.35. The highest BCUT2D eigenvalue weighted by Crippen LogP contribution is 2.27. The molecule has 1 aliphatic rings. The van der Waals surface area contributed by atoms with Crippen molar-refractivity contribution in [3.8, 4) is 5.75 Å². The molecule has 0 saturated heterocycles.